The number of nitrogens with zero attached hydrogens (tertiary/aromatic N) is 1. The molecule has 2 N–H and O–H groups in total. The van der Waals surface area contributed by atoms with Gasteiger partial charge in [-0.1, -0.05) is 13.8 Å². The number of hydrogen-bond donors (Lipinski definition) is 2. The van der Waals surface area contributed by atoms with Crippen LogP contribution in [0.15, 0.2) is 0 Å². The summed E-state index contributed by atoms with van der Waals surface area (Å²) in [4.78, 5) is 24.2. The summed E-state index contributed by atoms with van der Waals surface area (Å²) in [5.74, 6) is -0.820. The normalized spacial score (nSPS) is 10.8. The van der Waals surface area contributed by atoms with Crippen LogP contribution in [0.1, 0.15) is 53.4 Å². The lowest BCUT2D eigenvalue weighted by Gasteiger charge is -2.29. The minimum absolute atomic E-state index is 0.0770. The van der Waals surface area contributed by atoms with Crippen LogP contribution >= 0.6 is 0 Å². The summed E-state index contributed by atoms with van der Waals surface area (Å²) in [6.45, 7) is 8.44. The molecule has 0 aromatic rings. The third kappa shape index (κ3) is 6.47. The van der Waals surface area contributed by atoms with Crippen molar-refractivity contribution >= 4 is 12.0 Å². The highest BCUT2D eigenvalue weighted by atomic mass is 16.4. The molecule has 0 aromatic carbocycles. The second kappa shape index (κ2) is 8.78. The molecule has 0 heterocycles. The van der Waals surface area contributed by atoms with Gasteiger partial charge in [0.1, 0.15) is 0 Å². The Labute approximate surface area is 110 Å². The highest BCUT2D eigenvalue weighted by Gasteiger charge is 2.18. The Morgan fingerprint density at radius 2 is 1.78 bits per heavy atom. The molecule has 2 amide bonds. The summed E-state index contributed by atoms with van der Waals surface area (Å²) in [5.41, 5.74) is 0. The molecule has 106 valence electrons. The van der Waals surface area contributed by atoms with Crippen molar-refractivity contribution < 1.29 is 14.7 Å². The first-order valence-corrected chi connectivity index (χ1v) is 6.71. The van der Waals surface area contributed by atoms with Crippen LogP contribution in [0.3, 0.4) is 0 Å². The van der Waals surface area contributed by atoms with Crippen LogP contribution in [0.2, 0.25) is 0 Å². The van der Waals surface area contributed by atoms with Gasteiger partial charge in [0.2, 0.25) is 0 Å². The van der Waals surface area contributed by atoms with Crippen molar-refractivity contribution in [3.8, 4) is 0 Å². The van der Waals surface area contributed by atoms with Crippen LogP contribution in [0.25, 0.3) is 0 Å². The van der Waals surface area contributed by atoms with Crippen molar-refractivity contribution in [1.82, 2.24) is 10.2 Å². The Hall–Kier alpha value is -1.26. The second-order valence-corrected chi connectivity index (χ2v) is 4.75. The number of amides is 2. The van der Waals surface area contributed by atoms with Gasteiger partial charge in [0.15, 0.2) is 0 Å². The van der Waals surface area contributed by atoms with Gasteiger partial charge in [-0.15, -0.1) is 0 Å². The number of carbonyl (C=O) groups excluding carboxylic acids is 1. The molecule has 0 radical (unpaired) electrons. The average Bonchev–Trinajstić information content (AvgIpc) is 2.30. The van der Waals surface area contributed by atoms with Crippen LogP contribution in [-0.4, -0.2) is 40.6 Å². The van der Waals surface area contributed by atoms with E-state index in [-0.39, 0.29) is 24.5 Å². The molecule has 0 spiro atoms. The SMILES string of the molecule is CCC(CC)NC(=O)N(CCCC(=O)O)C(C)C. The van der Waals surface area contributed by atoms with Gasteiger partial charge < -0.3 is 15.3 Å². The fourth-order valence-corrected chi connectivity index (χ4v) is 1.75. The minimum Gasteiger partial charge on any atom is -0.481 e. The summed E-state index contributed by atoms with van der Waals surface area (Å²) >= 11 is 0. The Morgan fingerprint density at radius 1 is 1.22 bits per heavy atom. The number of carboxylic acid groups (broad SMARTS) is 1. The Morgan fingerprint density at radius 3 is 2.17 bits per heavy atom. The Balaban J connectivity index is 4.31. The fraction of sp³-hybridized carbons (Fsp3) is 0.846. The van der Waals surface area contributed by atoms with Gasteiger partial charge in [-0.3, -0.25) is 4.79 Å². The lowest BCUT2D eigenvalue weighted by Crippen LogP contribution is -2.47. The molecule has 0 aliphatic carbocycles. The van der Waals surface area contributed by atoms with Gasteiger partial charge in [0, 0.05) is 25.0 Å². The smallest absolute Gasteiger partial charge is 0.317 e. The highest BCUT2D eigenvalue weighted by Crippen LogP contribution is 2.05. The summed E-state index contributed by atoms with van der Waals surface area (Å²) in [7, 11) is 0. The van der Waals surface area contributed by atoms with Crippen molar-refractivity contribution in [3.63, 3.8) is 0 Å². The van der Waals surface area contributed by atoms with Crippen molar-refractivity contribution in [3.05, 3.63) is 0 Å². The Kier molecular flexibility index (Phi) is 8.16. The molecule has 18 heavy (non-hydrogen) atoms. The second-order valence-electron chi connectivity index (χ2n) is 4.75. The van der Waals surface area contributed by atoms with Gasteiger partial charge in [-0.05, 0) is 33.1 Å². The monoisotopic (exact) mass is 258 g/mol. The molecule has 0 fully saturated rings. The number of carboxylic acids is 1. The molecule has 0 aliphatic heterocycles. The zero-order chi connectivity index (χ0) is 14.1. The molecular formula is C13H26N2O3. The number of carbonyl (C=O) groups is 2. The van der Waals surface area contributed by atoms with Crippen LogP contribution in [0.4, 0.5) is 4.79 Å². The predicted molar refractivity (Wildman–Crippen MR) is 71.6 cm³/mol. The van der Waals surface area contributed by atoms with E-state index in [4.69, 9.17) is 5.11 Å². The van der Waals surface area contributed by atoms with E-state index in [9.17, 15) is 9.59 Å². The van der Waals surface area contributed by atoms with E-state index in [1.54, 1.807) is 4.90 Å². The maximum absolute atomic E-state index is 12.1. The zero-order valence-corrected chi connectivity index (χ0v) is 11.9. The maximum Gasteiger partial charge on any atom is 0.317 e. The predicted octanol–water partition coefficient (Wildman–Crippen LogP) is 2.46. The van der Waals surface area contributed by atoms with Gasteiger partial charge >= 0.3 is 12.0 Å². The molecule has 0 atom stereocenters. The van der Waals surface area contributed by atoms with Gasteiger partial charge in [-0.25, -0.2) is 4.79 Å². The van der Waals surface area contributed by atoms with Crippen LogP contribution in [0.5, 0.6) is 0 Å². The van der Waals surface area contributed by atoms with E-state index in [1.165, 1.54) is 0 Å². The van der Waals surface area contributed by atoms with Gasteiger partial charge in [0.05, 0.1) is 0 Å². The molecule has 0 aliphatic rings. The third-order valence-electron chi connectivity index (χ3n) is 2.99. The summed E-state index contributed by atoms with van der Waals surface area (Å²) in [6, 6.07) is 0.176. The average molecular weight is 258 g/mol. The highest BCUT2D eigenvalue weighted by molar-refractivity contribution is 5.75. The molecule has 0 rings (SSSR count). The molecule has 0 unspecified atom stereocenters. The number of hydrogen-bond acceptors (Lipinski definition) is 2. The minimum atomic E-state index is -0.820. The van der Waals surface area contributed by atoms with Crippen LogP contribution in [0, 0.1) is 0 Å². The summed E-state index contributed by atoms with van der Waals surface area (Å²) in [6.07, 6.45) is 2.40. The van der Waals surface area contributed by atoms with Crippen LogP contribution in [-0.2, 0) is 4.79 Å². The summed E-state index contributed by atoms with van der Waals surface area (Å²) < 4.78 is 0. The summed E-state index contributed by atoms with van der Waals surface area (Å²) in [5, 5.41) is 11.6. The molecule has 0 bridgehead atoms. The topological polar surface area (TPSA) is 69.6 Å². The van der Waals surface area contributed by atoms with Crippen molar-refractivity contribution in [2.75, 3.05) is 6.54 Å². The first-order chi connectivity index (χ1) is 8.42. The lowest BCUT2D eigenvalue weighted by molar-refractivity contribution is -0.137. The first kappa shape index (κ1) is 16.7. The first-order valence-electron chi connectivity index (χ1n) is 6.71. The van der Waals surface area contributed by atoms with E-state index in [1.807, 2.05) is 27.7 Å². The molecular weight excluding hydrogens is 232 g/mol. The van der Waals surface area contributed by atoms with Crippen LogP contribution < -0.4 is 5.32 Å². The zero-order valence-electron chi connectivity index (χ0n) is 11.9. The Bertz CT molecular complexity index is 263. The number of aliphatic carboxylic acids is 1. The lowest BCUT2D eigenvalue weighted by atomic mass is 10.2. The number of nitrogens with one attached hydrogen (secondary N) is 1. The third-order valence-corrected chi connectivity index (χ3v) is 2.99. The van der Waals surface area contributed by atoms with Crippen molar-refractivity contribution in [2.45, 2.75) is 65.5 Å². The molecule has 0 saturated heterocycles. The van der Waals surface area contributed by atoms with E-state index in [0.717, 1.165) is 12.8 Å². The standard InChI is InChI=1S/C13H26N2O3/c1-5-11(6-2)14-13(18)15(10(3)4)9-7-8-12(16)17/h10-11H,5-9H2,1-4H3,(H,14,18)(H,16,17). The number of rotatable bonds is 8. The fourth-order valence-electron chi connectivity index (χ4n) is 1.75. The molecule has 5 nitrogen and oxygen atoms in total. The van der Waals surface area contributed by atoms with Gasteiger partial charge in [-0.2, -0.15) is 0 Å². The maximum atomic E-state index is 12.1. The molecule has 5 heteroatoms. The van der Waals surface area contributed by atoms with Crippen molar-refractivity contribution in [2.24, 2.45) is 0 Å². The number of urea groups is 1. The van der Waals surface area contributed by atoms with E-state index >= 15 is 0 Å². The molecule has 0 saturated carbocycles. The van der Waals surface area contributed by atoms with E-state index in [2.05, 4.69) is 5.32 Å². The largest absolute Gasteiger partial charge is 0.481 e. The van der Waals surface area contributed by atoms with Gasteiger partial charge in [0.25, 0.3) is 0 Å². The molecule has 0 aromatic heterocycles. The van der Waals surface area contributed by atoms with E-state index < -0.39 is 5.97 Å². The van der Waals surface area contributed by atoms with Crippen molar-refractivity contribution in [1.29, 1.82) is 0 Å². The quantitative estimate of drug-likeness (QED) is 0.702. The van der Waals surface area contributed by atoms with E-state index in [0.29, 0.717) is 13.0 Å².